The summed E-state index contributed by atoms with van der Waals surface area (Å²) in [5, 5.41) is 20.0. The molecule has 1 N–H and O–H groups in total. The highest BCUT2D eigenvalue weighted by Crippen LogP contribution is 2.45. The van der Waals surface area contributed by atoms with Crippen LogP contribution in [0.2, 0.25) is 0 Å². The Bertz CT molecular complexity index is 1530. The molecule has 0 radical (unpaired) electrons. The molecule has 0 saturated carbocycles. The average Bonchev–Trinajstić information content (AvgIpc) is 3.55. The maximum atomic E-state index is 13.4. The van der Waals surface area contributed by atoms with Crippen LogP contribution in [-0.2, 0) is 15.3 Å². The molecule has 2 aromatic carbocycles. The van der Waals surface area contributed by atoms with E-state index in [-0.39, 0.29) is 16.5 Å². The second-order valence-electron chi connectivity index (χ2n) is 8.37. The van der Waals surface area contributed by atoms with Gasteiger partial charge in [-0.1, -0.05) is 59.5 Å². The van der Waals surface area contributed by atoms with Crippen molar-refractivity contribution in [3.05, 3.63) is 95.3 Å². The molecule has 1 amide bonds. The number of anilines is 1. The van der Waals surface area contributed by atoms with Gasteiger partial charge >= 0.3 is 5.91 Å². The number of pyridine rings is 1. The number of Topliss-reactive ketones (excluding diaryl/α,β-unsaturated/α-hetero) is 1. The third-order valence-corrected chi connectivity index (χ3v) is 8.14. The van der Waals surface area contributed by atoms with Gasteiger partial charge in [0.25, 0.3) is 5.78 Å². The second-order valence-corrected chi connectivity index (χ2v) is 10.6. The van der Waals surface area contributed by atoms with E-state index in [1.54, 1.807) is 30.3 Å². The Morgan fingerprint density at radius 2 is 1.82 bits per heavy atom. The number of aliphatic hydroxyl groups is 1. The fourth-order valence-corrected chi connectivity index (χ4v) is 6.04. The lowest BCUT2D eigenvalue weighted by atomic mass is 9.95. The summed E-state index contributed by atoms with van der Waals surface area (Å²) in [4.78, 5) is 32.1. The molecule has 0 bridgehead atoms. The number of benzene rings is 2. The molecule has 5 rings (SSSR count). The van der Waals surface area contributed by atoms with Crippen molar-refractivity contribution in [1.82, 2.24) is 15.2 Å². The second kappa shape index (κ2) is 11.7. The number of amides is 1. The Morgan fingerprint density at radius 3 is 2.54 bits per heavy atom. The SMILES string of the molecule is CCOc1ccc(C2/C(=C(\O)c3ccncc3)C(=O)C(=O)N2c2nnc(SCc3ccccc3)s2)cc1OC. The average molecular weight is 561 g/mol. The largest absolute Gasteiger partial charge is 0.507 e. The van der Waals surface area contributed by atoms with Gasteiger partial charge in [-0.15, -0.1) is 10.2 Å². The van der Waals surface area contributed by atoms with Crippen molar-refractivity contribution in [2.45, 2.75) is 23.1 Å². The summed E-state index contributed by atoms with van der Waals surface area (Å²) in [6.07, 6.45) is 3.00. The highest BCUT2D eigenvalue weighted by Gasteiger charge is 2.48. The summed E-state index contributed by atoms with van der Waals surface area (Å²) < 4.78 is 11.8. The summed E-state index contributed by atoms with van der Waals surface area (Å²) >= 11 is 2.69. The van der Waals surface area contributed by atoms with Crippen molar-refractivity contribution in [2.75, 3.05) is 18.6 Å². The first kappa shape index (κ1) is 26.4. The summed E-state index contributed by atoms with van der Waals surface area (Å²) in [5.74, 6) is -0.310. The first-order chi connectivity index (χ1) is 19.0. The van der Waals surface area contributed by atoms with E-state index in [1.165, 1.54) is 47.5 Å². The molecule has 4 aromatic rings. The lowest BCUT2D eigenvalue weighted by Gasteiger charge is -2.23. The zero-order chi connectivity index (χ0) is 27.4. The molecule has 0 aliphatic carbocycles. The van der Waals surface area contributed by atoms with Crippen molar-refractivity contribution in [1.29, 1.82) is 0 Å². The van der Waals surface area contributed by atoms with Crippen LogP contribution in [0.15, 0.2) is 83.0 Å². The molecule has 9 nitrogen and oxygen atoms in total. The van der Waals surface area contributed by atoms with Crippen LogP contribution in [0.1, 0.15) is 29.7 Å². The molecule has 39 heavy (non-hydrogen) atoms. The van der Waals surface area contributed by atoms with E-state index in [0.29, 0.717) is 39.3 Å². The molecule has 1 aliphatic rings. The molecule has 1 unspecified atom stereocenters. The zero-order valence-corrected chi connectivity index (χ0v) is 22.7. The van der Waals surface area contributed by atoms with Crippen molar-refractivity contribution in [3.8, 4) is 11.5 Å². The van der Waals surface area contributed by atoms with E-state index >= 15 is 0 Å². The molecule has 1 aliphatic heterocycles. The van der Waals surface area contributed by atoms with Crippen molar-refractivity contribution < 1.29 is 24.2 Å². The number of carbonyl (C=O) groups is 2. The zero-order valence-electron chi connectivity index (χ0n) is 21.1. The number of carbonyl (C=O) groups excluding carboxylic acids is 2. The van der Waals surface area contributed by atoms with E-state index in [1.807, 2.05) is 37.3 Å². The third kappa shape index (κ3) is 5.36. The summed E-state index contributed by atoms with van der Waals surface area (Å²) in [7, 11) is 1.51. The quantitative estimate of drug-likeness (QED) is 0.0962. The van der Waals surface area contributed by atoms with Crippen LogP contribution in [0.5, 0.6) is 11.5 Å². The number of rotatable bonds is 9. The van der Waals surface area contributed by atoms with Crippen LogP contribution >= 0.6 is 23.1 Å². The summed E-state index contributed by atoms with van der Waals surface area (Å²) in [6.45, 7) is 2.30. The van der Waals surface area contributed by atoms with Gasteiger partial charge in [-0.2, -0.15) is 0 Å². The van der Waals surface area contributed by atoms with Crippen LogP contribution < -0.4 is 14.4 Å². The highest BCUT2D eigenvalue weighted by molar-refractivity contribution is 8.00. The summed E-state index contributed by atoms with van der Waals surface area (Å²) in [6, 6.07) is 17.2. The molecule has 1 saturated heterocycles. The minimum atomic E-state index is -0.970. The van der Waals surface area contributed by atoms with Crippen LogP contribution in [0.25, 0.3) is 5.76 Å². The highest BCUT2D eigenvalue weighted by atomic mass is 32.2. The van der Waals surface area contributed by atoms with Crippen LogP contribution in [-0.4, -0.2) is 45.7 Å². The van der Waals surface area contributed by atoms with Crippen LogP contribution in [0, 0.1) is 0 Å². The van der Waals surface area contributed by atoms with Gasteiger partial charge in [0, 0.05) is 23.7 Å². The molecule has 198 valence electrons. The number of ketones is 1. The number of methoxy groups -OCH3 is 1. The van der Waals surface area contributed by atoms with E-state index in [4.69, 9.17) is 9.47 Å². The van der Waals surface area contributed by atoms with E-state index in [9.17, 15) is 14.7 Å². The monoisotopic (exact) mass is 560 g/mol. The predicted octanol–water partition coefficient (Wildman–Crippen LogP) is 5.26. The lowest BCUT2D eigenvalue weighted by molar-refractivity contribution is -0.132. The van der Waals surface area contributed by atoms with Gasteiger partial charge in [-0.3, -0.25) is 19.5 Å². The number of thioether (sulfide) groups is 1. The van der Waals surface area contributed by atoms with Gasteiger partial charge < -0.3 is 14.6 Å². The first-order valence-corrected chi connectivity index (χ1v) is 13.8. The van der Waals surface area contributed by atoms with Crippen molar-refractivity contribution in [2.24, 2.45) is 0 Å². The predicted molar refractivity (Wildman–Crippen MR) is 149 cm³/mol. The minimum Gasteiger partial charge on any atom is -0.507 e. The maximum absolute atomic E-state index is 13.4. The van der Waals surface area contributed by atoms with E-state index in [2.05, 4.69) is 15.2 Å². The molecule has 1 atom stereocenters. The fraction of sp³-hybridized carbons (Fsp3) is 0.179. The minimum absolute atomic E-state index is 0.0638. The van der Waals surface area contributed by atoms with Gasteiger partial charge in [0.1, 0.15) is 5.76 Å². The van der Waals surface area contributed by atoms with E-state index < -0.39 is 17.7 Å². The maximum Gasteiger partial charge on any atom is 0.301 e. The smallest absolute Gasteiger partial charge is 0.301 e. The number of aliphatic hydroxyl groups excluding tert-OH is 1. The van der Waals surface area contributed by atoms with Gasteiger partial charge in [-0.25, -0.2) is 0 Å². The van der Waals surface area contributed by atoms with Gasteiger partial charge in [-0.05, 0) is 42.3 Å². The van der Waals surface area contributed by atoms with Crippen LogP contribution in [0.3, 0.4) is 0 Å². The summed E-state index contributed by atoms with van der Waals surface area (Å²) in [5.41, 5.74) is 1.96. The van der Waals surface area contributed by atoms with Crippen molar-refractivity contribution in [3.63, 3.8) is 0 Å². The van der Waals surface area contributed by atoms with Crippen LogP contribution in [0.4, 0.5) is 5.13 Å². The Balaban J connectivity index is 1.58. The Labute approximate surface area is 233 Å². The molecule has 11 heteroatoms. The molecular weight excluding hydrogens is 536 g/mol. The first-order valence-electron chi connectivity index (χ1n) is 12.0. The number of hydrogen-bond donors (Lipinski definition) is 1. The Morgan fingerprint density at radius 1 is 1.05 bits per heavy atom. The standard InChI is InChI=1S/C28H24N4O5S2/c1-3-37-20-10-9-19(15-21(20)36-2)23-22(24(33)18-11-13-29-14-12-18)25(34)26(35)32(23)27-30-31-28(39-27)38-16-17-7-5-4-6-8-17/h4-15,23,33H,3,16H2,1-2H3/b24-22+. The molecular formula is C28H24N4O5S2. The van der Waals surface area contributed by atoms with Gasteiger partial charge in [0.05, 0.1) is 25.3 Å². The topological polar surface area (TPSA) is 115 Å². The third-order valence-electron chi connectivity index (χ3n) is 6.01. The van der Waals surface area contributed by atoms with Gasteiger partial charge in [0.15, 0.2) is 15.8 Å². The fourth-order valence-electron chi connectivity index (χ4n) is 4.22. The number of hydrogen-bond acceptors (Lipinski definition) is 10. The Hall–Kier alpha value is -4.22. The van der Waals surface area contributed by atoms with Gasteiger partial charge in [0.2, 0.25) is 5.13 Å². The molecule has 0 spiro atoms. The normalized spacial score (nSPS) is 16.5. The van der Waals surface area contributed by atoms with E-state index in [0.717, 1.165) is 5.56 Å². The number of aromatic nitrogens is 3. The Kier molecular flexibility index (Phi) is 7.89. The number of nitrogens with zero attached hydrogens (tertiary/aromatic N) is 4. The molecule has 2 aromatic heterocycles. The molecule has 1 fully saturated rings. The van der Waals surface area contributed by atoms with Crippen molar-refractivity contribution >= 4 is 45.7 Å². The number of ether oxygens (including phenoxy) is 2. The molecule has 3 heterocycles. The lowest BCUT2D eigenvalue weighted by Crippen LogP contribution is -2.29.